The van der Waals surface area contributed by atoms with Gasteiger partial charge >= 0.3 is 5.97 Å². The molecule has 0 unspecified atom stereocenters. The molecule has 2 fully saturated rings. The van der Waals surface area contributed by atoms with Crippen LogP contribution >= 0.6 is 0 Å². The molecule has 16 heavy (non-hydrogen) atoms. The molecule has 6 heteroatoms. The number of carbonyl (C=O) groups is 1. The maximum Gasteiger partial charge on any atom is 0.302 e. The standard InChI is InChI=1S/C10H15O5.U/c1-6(11)14-5-10-3-8(12)7(4-15-10)9(10)13-2;/h4,7-9,12H,3,5H2,1-2H3;/q-1;/t7-,8-,9-,10+;/m0./s1. The number of methoxy groups -OCH3 is 1. The first-order valence-electron chi connectivity index (χ1n) is 4.94. The van der Waals surface area contributed by atoms with Gasteiger partial charge in [0.05, 0.1) is 11.7 Å². The Balaban J connectivity index is 0.00000128. The molecule has 0 aromatic rings. The Morgan fingerprint density at radius 3 is 2.88 bits per heavy atom. The van der Waals surface area contributed by atoms with E-state index >= 15 is 0 Å². The Hall–Kier alpha value is 0.402. The molecule has 0 spiro atoms. The second kappa shape index (κ2) is 5.36. The largest absolute Gasteiger partial charge is 0.543 e. The fourth-order valence-corrected chi connectivity index (χ4v) is 2.42. The first kappa shape index (κ1) is 14.5. The van der Waals surface area contributed by atoms with Crippen molar-refractivity contribution in [2.75, 3.05) is 13.7 Å². The van der Waals surface area contributed by atoms with Crippen molar-refractivity contribution in [1.82, 2.24) is 0 Å². The van der Waals surface area contributed by atoms with Gasteiger partial charge in [0.2, 0.25) is 0 Å². The SMILES string of the molecule is CO[C@H]1[C@H]2[CH-]O[C@@]1(COC(C)=O)C[C@@H]2O.[U]. The summed E-state index contributed by atoms with van der Waals surface area (Å²) in [5.41, 5.74) is -0.690. The molecule has 1 aliphatic heterocycles. The van der Waals surface area contributed by atoms with Gasteiger partial charge in [0.25, 0.3) is 0 Å². The summed E-state index contributed by atoms with van der Waals surface area (Å²) in [6, 6.07) is 0. The van der Waals surface area contributed by atoms with E-state index in [0.717, 1.165) is 0 Å². The molecule has 0 aromatic carbocycles. The Kier molecular flexibility index (Phi) is 4.85. The van der Waals surface area contributed by atoms with Gasteiger partial charge in [-0.1, -0.05) is 5.92 Å². The van der Waals surface area contributed by atoms with Crippen molar-refractivity contribution in [2.24, 2.45) is 5.92 Å². The second-order valence-electron chi connectivity index (χ2n) is 4.10. The van der Waals surface area contributed by atoms with Crippen LogP contribution in [0.4, 0.5) is 0 Å². The average molecular weight is 453 g/mol. The van der Waals surface area contributed by atoms with Crippen molar-refractivity contribution in [2.45, 2.75) is 31.2 Å². The summed E-state index contributed by atoms with van der Waals surface area (Å²) in [7, 11) is 1.57. The predicted octanol–water partition coefficient (Wildman–Crippen LogP) is -0.124. The van der Waals surface area contributed by atoms with E-state index in [9.17, 15) is 9.90 Å². The minimum atomic E-state index is -0.690. The van der Waals surface area contributed by atoms with E-state index in [4.69, 9.17) is 14.2 Å². The van der Waals surface area contributed by atoms with Crippen molar-refractivity contribution >= 4 is 5.97 Å². The van der Waals surface area contributed by atoms with Crippen molar-refractivity contribution in [1.29, 1.82) is 0 Å². The van der Waals surface area contributed by atoms with E-state index in [-0.39, 0.29) is 55.7 Å². The zero-order valence-electron chi connectivity index (χ0n) is 9.30. The van der Waals surface area contributed by atoms with Gasteiger partial charge in [0, 0.05) is 57.7 Å². The molecule has 1 aliphatic carbocycles. The molecule has 2 rings (SSSR count). The maximum absolute atomic E-state index is 10.8. The van der Waals surface area contributed by atoms with E-state index in [0.29, 0.717) is 6.42 Å². The van der Waals surface area contributed by atoms with Gasteiger partial charge < -0.3 is 19.3 Å². The fourth-order valence-electron chi connectivity index (χ4n) is 2.42. The van der Waals surface area contributed by atoms with Gasteiger partial charge in [-0.25, -0.2) is 6.61 Å². The van der Waals surface area contributed by atoms with Crippen molar-refractivity contribution < 1.29 is 55.2 Å². The van der Waals surface area contributed by atoms with Crippen molar-refractivity contribution in [3.63, 3.8) is 0 Å². The topological polar surface area (TPSA) is 65.0 Å². The van der Waals surface area contributed by atoms with Gasteiger partial charge in [-0.2, -0.15) is 0 Å². The molecule has 0 aromatic heterocycles. The summed E-state index contributed by atoms with van der Waals surface area (Å²) in [5.74, 6) is -0.474. The summed E-state index contributed by atoms with van der Waals surface area (Å²) in [6.07, 6.45) is -0.258. The third-order valence-electron chi connectivity index (χ3n) is 3.10. The van der Waals surface area contributed by atoms with Crippen LogP contribution in [0.1, 0.15) is 13.3 Å². The molecule has 5 nitrogen and oxygen atoms in total. The van der Waals surface area contributed by atoms with Crippen LogP contribution in [0.2, 0.25) is 0 Å². The monoisotopic (exact) mass is 453 g/mol. The zero-order chi connectivity index (χ0) is 11.1. The summed E-state index contributed by atoms with van der Waals surface area (Å²) in [4.78, 5) is 10.8. The third kappa shape index (κ3) is 2.32. The summed E-state index contributed by atoms with van der Waals surface area (Å²) in [6.45, 7) is 3.07. The van der Waals surface area contributed by atoms with Gasteiger partial charge in [0.1, 0.15) is 6.61 Å². The number of esters is 1. The number of aliphatic hydroxyl groups excluding tert-OH is 1. The van der Waals surface area contributed by atoms with Crippen LogP contribution in [0.5, 0.6) is 0 Å². The number of aliphatic hydroxyl groups is 1. The van der Waals surface area contributed by atoms with E-state index in [2.05, 4.69) is 0 Å². The predicted molar refractivity (Wildman–Crippen MR) is 49.7 cm³/mol. The Morgan fingerprint density at radius 2 is 2.38 bits per heavy atom. The molecule has 1 saturated heterocycles. The summed E-state index contributed by atoms with van der Waals surface area (Å²) in [5, 5.41) is 9.72. The second-order valence-corrected chi connectivity index (χ2v) is 4.10. The van der Waals surface area contributed by atoms with Crippen LogP contribution in [0, 0.1) is 43.6 Å². The first-order valence-corrected chi connectivity index (χ1v) is 4.94. The van der Waals surface area contributed by atoms with Gasteiger partial charge in [0.15, 0.2) is 0 Å². The molecule has 90 valence electrons. The first-order chi connectivity index (χ1) is 7.09. The third-order valence-corrected chi connectivity index (χ3v) is 3.10. The minimum absolute atomic E-state index is 0. The summed E-state index contributed by atoms with van der Waals surface area (Å²) < 4.78 is 15.7. The van der Waals surface area contributed by atoms with Crippen LogP contribution in [-0.4, -0.2) is 42.6 Å². The molecular weight excluding hydrogens is 438 g/mol. The molecule has 4 atom stereocenters. The molecular formula is C10H15O5U-. The maximum atomic E-state index is 10.8. The molecule has 1 N–H and O–H groups in total. The van der Waals surface area contributed by atoms with Crippen molar-refractivity contribution in [3.8, 4) is 0 Å². The summed E-state index contributed by atoms with van der Waals surface area (Å²) >= 11 is 0. The molecule has 1 saturated carbocycles. The van der Waals surface area contributed by atoms with Crippen LogP contribution in [0.15, 0.2) is 0 Å². The molecule has 2 bridgehead atoms. The molecule has 0 amide bonds. The van der Waals surface area contributed by atoms with Gasteiger partial charge in [-0.3, -0.25) is 4.79 Å². The van der Waals surface area contributed by atoms with E-state index < -0.39 is 11.7 Å². The Morgan fingerprint density at radius 1 is 1.69 bits per heavy atom. The Bertz CT molecular complexity index is 272. The number of fused-ring (bicyclic) bond motifs is 2. The van der Waals surface area contributed by atoms with E-state index in [1.807, 2.05) is 0 Å². The van der Waals surface area contributed by atoms with Crippen LogP contribution in [0.3, 0.4) is 0 Å². The average Bonchev–Trinajstić information content (AvgIpc) is 2.66. The number of hydrogen-bond acceptors (Lipinski definition) is 5. The minimum Gasteiger partial charge on any atom is -0.543 e. The quantitative estimate of drug-likeness (QED) is 0.477. The molecule has 1 heterocycles. The van der Waals surface area contributed by atoms with Crippen LogP contribution < -0.4 is 0 Å². The normalized spacial score (nSPS) is 40.6. The number of rotatable bonds is 3. The number of ether oxygens (including phenoxy) is 3. The van der Waals surface area contributed by atoms with E-state index in [1.165, 1.54) is 6.92 Å². The fraction of sp³-hybridized carbons (Fsp3) is 0.800. The van der Waals surface area contributed by atoms with E-state index in [1.54, 1.807) is 13.7 Å². The van der Waals surface area contributed by atoms with Crippen molar-refractivity contribution in [3.05, 3.63) is 6.61 Å². The van der Waals surface area contributed by atoms with Crippen LogP contribution in [-0.2, 0) is 19.0 Å². The number of hydrogen-bond donors (Lipinski definition) is 1. The van der Waals surface area contributed by atoms with Gasteiger partial charge in [-0.15, -0.1) is 0 Å². The smallest absolute Gasteiger partial charge is 0.302 e. The van der Waals surface area contributed by atoms with Gasteiger partial charge in [-0.05, 0) is 0 Å². The van der Waals surface area contributed by atoms with Crippen LogP contribution in [0.25, 0.3) is 0 Å². The molecule has 2 aliphatic rings. The molecule has 0 radical (unpaired) electrons. The zero-order valence-corrected chi connectivity index (χ0v) is 13.5. The Labute approximate surface area is 118 Å². The number of carbonyl (C=O) groups excluding carboxylic acids is 1.